The molecule has 1 rings (SSSR count). The fraction of sp³-hybridized carbons (Fsp3) is 0.500. The Morgan fingerprint density at radius 1 is 1.33 bits per heavy atom. The number of ether oxygens (including phenoxy) is 2. The third-order valence-corrected chi connectivity index (χ3v) is 3.00. The van der Waals surface area contributed by atoms with Gasteiger partial charge >= 0.3 is 5.97 Å². The number of hydrogen-bond donors (Lipinski definition) is 1. The van der Waals surface area contributed by atoms with E-state index < -0.39 is 5.97 Å². The third-order valence-electron chi connectivity index (χ3n) is 3.00. The maximum absolute atomic E-state index is 10.7. The molecule has 1 N–H and O–H groups in total. The van der Waals surface area contributed by atoms with E-state index in [-0.39, 0.29) is 12.3 Å². The molecule has 0 aromatic heterocycles. The Labute approximate surface area is 108 Å². The van der Waals surface area contributed by atoms with Crippen molar-refractivity contribution in [3.63, 3.8) is 0 Å². The topological polar surface area (TPSA) is 55.8 Å². The average Bonchev–Trinajstić information content (AvgIpc) is 2.30. The van der Waals surface area contributed by atoms with Crippen LogP contribution in [-0.2, 0) is 11.2 Å². The summed E-state index contributed by atoms with van der Waals surface area (Å²) in [6, 6.07) is 3.82. The van der Waals surface area contributed by atoms with Crippen LogP contribution in [0.1, 0.15) is 24.5 Å². The molecule has 100 valence electrons. The lowest BCUT2D eigenvalue weighted by molar-refractivity contribution is -0.137. The molecule has 0 amide bonds. The average molecular weight is 252 g/mol. The largest absolute Gasteiger partial charge is 0.493 e. The second-order valence-corrected chi connectivity index (χ2v) is 4.49. The summed E-state index contributed by atoms with van der Waals surface area (Å²) in [5.74, 6) is 0.752. The second kappa shape index (κ2) is 6.28. The molecule has 1 unspecified atom stereocenters. The molecule has 1 aromatic carbocycles. The smallest absolute Gasteiger partial charge is 0.303 e. The first-order valence-corrected chi connectivity index (χ1v) is 5.91. The van der Waals surface area contributed by atoms with Crippen LogP contribution in [0, 0.1) is 12.8 Å². The third kappa shape index (κ3) is 3.39. The molecule has 0 aliphatic carbocycles. The van der Waals surface area contributed by atoms with Gasteiger partial charge in [0.25, 0.3) is 0 Å². The zero-order chi connectivity index (χ0) is 13.7. The van der Waals surface area contributed by atoms with E-state index in [1.807, 2.05) is 26.0 Å². The number of carboxylic acid groups (broad SMARTS) is 1. The van der Waals surface area contributed by atoms with Crippen LogP contribution in [-0.4, -0.2) is 25.3 Å². The van der Waals surface area contributed by atoms with Crippen molar-refractivity contribution in [3.8, 4) is 11.5 Å². The van der Waals surface area contributed by atoms with Crippen LogP contribution in [0.3, 0.4) is 0 Å². The molecule has 4 heteroatoms. The normalized spacial score (nSPS) is 12.0. The van der Waals surface area contributed by atoms with E-state index in [4.69, 9.17) is 14.6 Å². The summed E-state index contributed by atoms with van der Waals surface area (Å²) in [5.41, 5.74) is 2.11. The number of carbonyl (C=O) groups is 1. The van der Waals surface area contributed by atoms with E-state index in [1.165, 1.54) is 0 Å². The first-order chi connectivity index (χ1) is 8.49. The van der Waals surface area contributed by atoms with E-state index in [1.54, 1.807) is 14.2 Å². The van der Waals surface area contributed by atoms with Crippen molar-refractivity contribution in [2.45, 2.75) is 26.7 Å². The predicted octanol–water partition coefficient (Wildman–Crippen LogP) is 2.67. The lowest BCUT2D eigenvalue weighted by Crippen LogP contribution is -2.08. The highest BCUT2D eigenvalue weighted by Gasteiger charge is 2.14. The fourth-order valence-corrected chi connectivity index (χ4v) is 2.09. The summed E-state index contributed by atoms with van der Waals surface area (Å²) in [5, 5.41) is 8.77. The van der Waals surface area contributed by atoms with Gasteiger partial charge in [0.2, 0.25) is 0 Å². The van der Waals surface area contributed by atoms with Crippen LogP contribution in [0.5, 0.6) is 11.5 Å². The molecular formula is C14H20O4. The van der Waals surface area contributed by atoms with E-state index in [9.17, 15) is 4.79 Å². The van der Waals surface area contributed by atoms with Crippen molar-refractivity contribution < 1.29 is 19.4 Å². The van der Waals surface area contributed by atoms with Crippen LogP contribution in [0.2, 0.25) is 0 Å². The number of rotatable bonds is 6. The Kier molecular flexibility index (Phi) is 5.01. The molecule has 0 aliphatic rings. The van der Waals surface area contributed by atoms with E-state index in [0.717, 1.165) is 23.3 Å². The van der Waals surface area contributed by atoms with Crippen LogP contribution in [0.25, 0.3) is 0 Å². The van der Waals surface area contributed by atoms with Crippen molar-refractivity contribution in [1.29, 1.82) is 0 Å². The van der Waals surface area contributed by atoms with Crippen LogP contribution in [0.15, 0.2) is 12.1 Å². The molecule has 0 spiro atoms. The van der Waals surface area contributed by atoms with Gasteiger partial charge in [0.15, 0.2) is 11.5 Å². The van der Waals surface area contributed by atoms with Crippen LogP contribution < -0.4 is 9.47 Å². The van der Waals surface area contributed by atoms with Gasteiger partial charge in [0.1, 0.15) is 0 Å². The van der Waals surface area contributed by atoms with Gasteiger partial charge in [-0.1, -0.05) is 13.0 Å². The molecule has 0 saturated heterocycles. The first-order valence-electron chi connectivity index (χ1n) is 5.91. The highest BCUT2D eigenvalue weighted by atomic mass is 16.5. The standard InChI is InChI=1S/C14H20O4/c1-9(8-13(15)16)7-11-5-6-12(17-3)14(18-4)10(11)2/h5-6,9H,7-8H2,1-4H3,(H,15,16). The number of benzene rings is 1. The van der Waals surface area contributed by atoms with Gasteiger partial charge in [-0.2, -0.15) is 0 Å². The maximum atomic E-state index is 10.7. The summed E-state index contributed by atoms with van der Waals surface area (Å²) in [4.78, 5) is 10.7. The zero-order valence-electron chi connectivity index (χ0n) is 11.3. The summed E-state index contributed by atoms with van der Waals surface area (Å²) in [6.07, 6.45) is 0.895. The molecule has 0 radical (unpaired) electrons. The highest BCUT2D eigenvalue weighted by molar-refractivity contribution is 5.67. The van der Waals surface area contributed by atoms with Crippen molar-refractivity contribution in [3.05, 3.63) is 23.3 Å². The summed E-state index contributed by atoms with van der Waals surface area (Å²) in [6.45, 7) is 3.90. The molecular weight excluding hydrogens is 232 g/mol. The van der Waals surface area contributed by atoms with Crippen LogP contribution in [0.4, 0.5) is 0 Å². The Morgan fingerprint density at radius 2 is 2.00 bits per heavy atom. The fourth-order valence-electron chi connectivity index (χ4n) is 2.09. The Hall–Kier alpha value is -1.71. The van der Waals surface area contributed by atoms with E-state index in [2.05, 4.69) is 0 Å². The number of methoxy groups -OCH3 is 2. The van der Waals surface area contributed by atoms with Gasteiger partial charge in [-0.25, -0.2) is 0 Å². The summed E-state index contributed by atoms with van der Waals surface area (Å²) in [7, 11) is 3.21. The van der Waals surface area contributed by atoms with Gasteiger partial charge in [-0.3, -0.25) is 4.79 Å². The molecule has 0 aliphatic heterocycles. The predicted molar refractivity (Wildman–Crippen MR) is 69.4 cm³/mol. The molecule has 0 saturated carbocycles. The second-order valence-electron chi connectivity index (χ2n) is 4.49. The molecule has 0 fully saturated rings. The summed E-state index contributed by atoms with van der Waals surface area (Å²) < 4.78 is 10.6. The van der Waals surface area contributed by atoms with Gasteiger partial charge in [0, 0.05) is 6.42 Å². The molecule has 4 nitrogen and oxygen atoms in total. The zero-order valence-corrected chi connectivity index (χ0v) is 11.3. The molecule has 1 atom stereocenters. The lowest BCUT2D eigenvalue weighted by atomic mass is 9.94. The van der Waals surface area contributed by atoms with Gasteiger partial charge in [-0.15, -0.1) is 0 Å². The van der Waals surface area contributed by atoms with Crippen molar-refractivity contribution in [1.82, 2.24) is 0 Å². The molecule has 0 bridgehead atoms. The summed E-state index contributed by atoms with van der Waals surface area (Å²) >= 11 is 0. The van der Waals surface area contributed by atoms with Gasteiger partial charge in [-0.05, 0) is 36.5 Å². The quantitative estimate of drug-likeness (QED) is 0.845. The minimum absolute atomic E-state index is 0.0966. The Morgan fingerprint density at radius 3 is 2.50 bits per heavy atom. The minimum atomic E-state index is -0.763. The number of carboxylic acids is 1. The number of aliphatic carboxylic acids is 1. The highest BCUT2D eigenvalue weighted by Crippen LogP contribution is 2.33. The van der Waals surface area contributed by atoms with E-state index >= 15 is 0 Å². The van der Waals surface area contributed by atoms with Gasteiger partial charge < -0.3 is 14.6 Å². The van der Waals surface area contributed by atoms with Crippen LogP contribution >= 0.6 is 0 Å². The Bertz CT molecular complexity index is 426. The Balaban J connectivity index is 2.93. The molecule has 18 heavy (non-hydrogen) atoms. The van der Waals surface area contributed by atoms with Crippen molar-refractivity contribution >= 4 is 5.97 Å². The lowest BCUT2D eigenvalue weighted by Gasteiger charge is -2.16. The molecule has 0 heterocycles. The van der Waals surface area contributed by atoms with Gasteiger partial charge in [0.05, 0.1) is 14.2 Å². The minimum Gasteiger partial charge on any atom is -0.493 e. The van der Waals surface area contributed by atoms with E-state index in [0.29, 0.717) is 5.75 Å². The maximum Gasteiger partial charge on any atom is 0.303 e. The SMILES string of the molecule is COc1ccc(CC(C)CC(=O)O)c(C)c1OC. The van der Waals surface area contributed by atoms with Crippen molar-refractivity contribution in [2.24, 2.45) is 5.92 Å². The van der Waals surface area contributed by atoms with Crippen molar-refractivity contribution in [2.75, 3.05) is 14.2 Å². The first kappa shape index (κ1) is 14.4. The molecule has 1 aromatic rings. The number of hydrogen-bond acceptors (Lipinski definition) is 3. The monoisotopic (exact) mass is 252 g/mol.